The van der Waals surface area contributed by atoms with Crippen molar-refractivity contribution in [2.24, 2.45) is 5.92 Å². The topological polar surface area (TPSA) is 29.1 Å². The Morgan fingerprint density at radius 1 is 1.33 bits per heavy atom. The molecule has 0 spiro atoms. The number of hydrogen-bond donors (Lipinski definition) is 1. The molecule has 0 bridgehead atoms. The third kappa shape index (κ3) is 4.04. The lowest BCUT2D eigenvalue weighted by molar-refractivity contribution is -0.121. The van der Waals surface area contributed by atoms with Crippen LogP contribution in [0.3, 0.4) is 0 Å². The van der Waals surface area contributed by atoms with Crippen LogP contribution >= 0.6 is 15.9 Å². The van der Waals surface area contributed by atoms with Gasteiger partial charge in [0, 0.05) is 6.54 Å². The molecule has 1 atom stereocenters. The monoisotopic (exact) mass is 269 g/mol. The predicted octanol–water partition coefficient (Wildman–Crippen LogP) is 2.72. The molecule has 1 rings (SSSR count). The summed E-state index contributed by atoms with van der Waals surface area (Å²) in [4.78, 5) is 11.5. The van der Waals surface area contributed by atoms with Gasteiger partial charge in [-0.25, -0.2) is 0 Å². The summed E-state index contributed by atoms with van der Waals surface area (Å²) in [5, 5.41) is 2.89. The Hall–Kier alpha value is -0.830. The zero-order valence-electron chi connectivity index (χ0n) is 9.03. The van der Waals surface area contributed by atoms with Crippen molar-refractivity contribution in [3.8, 4) is 0 Å². The Bertz CT molecular complexity index is 311. The number of amides is 1. The van der Waals surface area contributed by atoms with Gasteiger partial charge < -0.3 is 5.32 Å². The second-order valence-electron chi connectivity index (χ2n) is 3.85. The molecule has 0 aliphatic carbocycles. The van der Waals surface area contributed by atoms with E-state index in [0.717, 1.165) is 5.56 Å². The van der Waals surface area contributed by atoms with Gasteiger partial charge in [0.25, 0.3) is 0 Å². The number of rotatable bonds is 4. The number of carbonyl (C=O) groups excluding carboxylic acids is 1. The lowest BCUT2D eigenvalue weighted by atomic mass is 10.1. The second-order valence-corrected chi connectivity index (χ2v) is 4.84. The van der Waals surface area contributed by atoms with E-state index in [1.54, 1.807) is 0 Å². The smallest absolute Gasteiger partial charge is 0.234 e. The van der Waals surface area contributed by atoms with Crippen LogP contribution in [0.25, 0.3) is 0 Å². The molecule has 2 nitrogen and oxygen atoms in total. The molecule has 0 saturated carbocycles. The molecule has 0 aliphatic rings. The van der Waals surface area contributed by atoms with Crippen LogP contribution in [0.1, 0.15) is 19.4 Å². The number of benzene rings is 1. The summed E-state index contributed by atoms with van der Waals surface area (Å²) < 4.78 is 0. The van der Waals surface area contributed by atoms with Crippen molar-refractivity contribution in [2.75, 3.05) is 0 Å². The highest BCUT2D eigenvalue weighted by Crippen LogP contribution is 2.11. The summed E-state index contributed by atoms with van der Waals surface area (Å²) in [6.45, 7) is 4.62. The normalized spacial score (nSPS) is 12.5. The Morgan fingerprint density at radius 2 is 1.93 bits per heavy atom. The first-order valence-electron chi connectivity index (χ1n) is 5.07. The largest absolute Gasteiger partial charge is 0.351 e. The summed E-state index contributed by atoms with van der Waals surface area (Å²) in [6.07, 6.45) is 0. The summed E-state index contributed by atoms with van der Waals surface area (Å²) in [5.74, 6) is 0.356. The van der Waals surface area contributed by atoms with Gasteiger partial charge in [-0.05, 0) is 11.5 Å². The van der Waals surface area contributed by atoms with Crippen LogP contribution in [0.4, 0.5) is 0 Å². The molecule has 15 heavy (non-hydrogen) atoms. The summed E-state index contributed by atoms with van der Waals surface area (Å²) in [6, 6.07) is 9.90. The maximum Gasteiger partial charge on any atom is 0.234 e. The van der Waals surface area contributed by atoms with E-state index in [1.165, 1.54) is 0 Å². The van der Waals surface area contributed by atoms with Crippen molar-refractivity contribution in [3.63, 3.8) is 0 Å². The molecule has 1 amide bonds. The minimum Gasteiger partial charge on any atom is -0.351 e. The number of halogens is 1. The van der Waals surface area contributed by atoms with Crippen molar-refractivity contribution in [1.82, 2.24) is 5.32 Å². The zero-order valence-corrected chi connectivity index (χ0v) is 10.6. The summed E-state index contributed by atoms with van der Waals surface area (Å²) in [7, 11) is 0. The van der Waals surface area contributed by atoms with E-state index in [-0.39, 0.29) is 10.7 Å². The molecule has 1 N–H and O–H groups in total. The maximum atomic E-state index is 11.6. The minimum absolute atomic E-state index is 0.0499. The van der Waals surface area contributed by atoms with Gasteiger partial charge in [0.15, 0.2) is 0 Å². The van der Waals surface area contributed by atoms with Crippen LogP contribution in [0.5, 0.6) is 0 Å². The van der Waals surface area contributed by atoms with Crippen LogP contribution in [0.2, 0.25) is 0 Å². The highest BCUT2D eigenvalue weighted by Gasteiger charge is 2.17. The average molecular weight is 270 g/mol. The van der Waals surface area contributed by atoms with E-state index in [9.17, 15) is 4.79 Å². The Balaban J connectivity index is 2.41. The quantitative estimate of drug-likeness (QED) is 0.837. The van der Waals surface area contributed by atoms with Gasteiger partial charge in [0.05, 0.1) is 4.83 Å². The molecule has 1 aromatic rings. The van der Waals surface area contributed by atoms with E-state index in [4.69, 9.17) is 0 Å². The molecular weight excluding hydrogens is 254 g/mol. The standard InChI is InChI=1S/C12H16BrNO/c1-9(2)11(13)12(15)14-8-10-6-4-3-5-7-10/h3-7,9,11H,8H2,1-2H3,(H,14,15)/t11-/m1/s1. The van der Waals surface area contributed by atoms with Crippen molar-refractivity contribution < 1.29 is 4.79 Å². The molecule has 0 fully saturated rings. The number of alkyl halides is 1. The van der Waals surface area contributed by atoms with Crippen molar-refractivity contribution in [3.05, 3.63) is 35.9 Å². The van der Waals surface area contributed by atoms with Crippen LogP contribution < -0.4 is 5.32 Å². The third-order valence-electron chi connectivity index (χ3n) is 2.15. The van der Waals surface area contributed by atoms with E-state index >= 15 is 0 Å². The SMILES string of the molecule is CC(C)[C@@H](Br)C(=O)NCc1ccccc1. The highest BCUT2D eigenvalue weighted by molar-refractivity contribution is 9.10. The van der Waals surface area contributed by atoms with Crippen LogP contribution in [-0.2, 0) is 11.3 Å². The molecule has 0 saturated heterocycles. The van der Waals surface area contributed by atoms with E-state index in [2.05, 4.69) is 21.2 Å². The van der Waals surface area contributed by atoms with Crippen molar-refractivity contribution in [1.29, 1.82) is 0 Å². The first kappa shape index (κ1) is 12.2. The first-order chi connectivity index (χ1) is 7.11. The van der Waals surface area contributed by atoms with Gasteiger partial charge in [-0.2, -0.15) is 0 Å². The fraction of sp³-hybridized carbons (Fsp3) is 0.417. The number of carbonyl (C=O) groups is 1. The van der Waals surface area contributed by atoms with Gasteiger partial charge in [-0.1, -0.05) is 60.1 Å². The van der Waals surface area contributed by atoms with Gasteiger partial charge in [-0.3, -0.25) is 4.79 Å². The number of hydrogen-bond acceptors (Lipinski definition) is 1. The van der Waals surface area contributed by atoms with Crippen molar-refractivity contribution >= 4 is 21.8 Å². The third-order valence-corrected chi connectivity index (χ3v) is 3.62. The predicted molar refractivity (Wildman–Crippen MR) is 65.8 cm³/mol. The molecule has 0 aromatic heterocycles. The van der Waals surface area contributed by atoms with E-state index in [0.29, 0.717) is 12.5 Å². The van der Waals surface area contributed by atoms with Crippen LogP contribution in [0, 0.1) is 5.92 Å². The molecular formula is C12H16BrNO. The van der Waals surface area contributed by atoms with Gasteiger partial charge in [0.2, 0.25) is 5.91 Å². The van der Waals surface area contributed by atoms with Gasteiger partial charge >= 0.3 is 0 Å². The molecule has 0 radical (unpaired) electrons. The molecule has 0 aliphatic heterocycles. The molecule has 0 unspecified atom stereocenters. The zero-order chi connectivity index (χ0) is 11.3. The Kier molecular flexibility index (Phi) is 4.82. The van der Waals surface area contributed by atoms with E-state index in [1.807, 2.05) is 44.2 Å². The van der Waals surface area contributed by atoms with Crippen LogP contribution in [-0.4, -0.2) is 10.7 Å². The summed E-state index contributed by atoms with van der Waals surface area (Å²) >= 11 is 3.37. The van der Waals surface area contributed by atoms with Crippen LogP contribution in [0.15, 0.2) is 30.3 Å². The molecule has 0 heterocycles. The fourth-order valence-electron chi connectivity index (χ4n) is 1.19. The molecule has 82 valence electrons. The fourth-order valence-corrected chi connectivity index (χ4v) is 1.35. The Morgan fingerprint density at radius 3 is 2.47 bits per heavy atom. The first-order valence-corrected chi connectivity index (χ1v) is 5.98. The maximum absolute atomic E-state index is 11.6. The minimum atomic E-state index is -0.110. The average Bonchev–Trinajstić information content (AvgIpc) is 2.26. The lowest BCUT2D eigenvalue weighted by Crippen LogP contribution is -2.33. The Labute approximate surface area is 99.2 Å². The summed E-state index contributed by atoms with van der Waals surface area (Å²) in [5.41, 5.74) is 1.12. The van der Waals surface area contributed by atoms with E-state index < -0.39 is 0 Å². The highest BCUT2D eigenvalue weighted by atomic mass is 79.9. The van der Waals surface area contributed by atoms with Gasteiger partial charge in [-0.15, -0.1) is 0 Å². The molecule has 1 aromatic carbocycles. The second kappa shape index (κ2) is 5.91. The molecule has 3 heteroatoms. The lowest BCUT2D eigenvalue weighted by Gasteiger charge is -2.13. The van der Waals surface area contributed by atoms with Gasteiger partial charge in [0.1, 0.15) is 0 Å². The van der Waals surface area contributed by atoms with Crippen molar-refractivity contribution in [2.45, 2.75) is 25.2 Å². The number of nitrogens with one attached hydrogen (secondary N) is 1.